The van der Waals surface area contributed by atoms with Gasteiger partial charge in [0.25, 0.3) is 0 Å². The van der Waals surface area contributed by atoms with Gasteiger partial charge in [-0.2, -0.15) is 0 Å². The van der Waals surface area contributed by atoms with Crippen LogP contribution in [0, 0.1) is 11.6 Å². The molecule has 0 aromatic heterocycles. The first-order valence-corrected chi connectivity index (χ1v) is 17.0. The zero-order chi connectivity index (χ0) is 31.9. The van der Waals surface area contributed by atoms with E-state index in [0.29, 0.717) is 15.6 Å². The second-order valence-electron chi connectivity index (χ2n) is 11.0. The number of hydrogen-bond acceptors (Lipinski definition) is 4. The summed E-state index contributed by atoms with van der Waals surface area (Å²) in [5.41, 5.74) is 1.48. The molecule has 7 nitrogen and oxygen atoms in total. The Bertz CT molecular complexity index is 1570. The third kappa shape index (κ3) is 9.15. The molecule has 1 N–H and O–H groups in total. The van der Waals surface area contributed by atoms with Gasteiger partial charge in [0.15, 0.2) is 11.6 Å². The monoisotopic (exact) mass is 665 g/mol. The van der Waals surface area contributed by atoms with Crippen molar-refractivity contribution >= 4 is 50.7 Å². The lowest BCUT2D eigenvalue weighted by molar-refractivity contribution is -0.141. The van der Waals surface area contributed by atoms with Crippen LogP contribution in [0.3, 0.4) is 0 Å². The summed E-state index contributed by atoms with van der Waals surface area (Å²) in [7, 11) is -3.88. The first kappa shape index (κ1) is 33.7. The quantitative estimate of drug-likeness (QED) is 0.225. The Kier molecular flexibility index (Phi) is 11.6. The fraction of sp³-hybridized carbons (Fsp3) is 0.375. The molecule has 236 valence electrons. The maximum absolute atomic E-state index is 13.9. The molecule has 0 saturated heterocycles. The molecule has 1 unspecified atom stereocenters. The third-order valence-corrected chi connectivity index (χ3v) is 9.59. The van der Waals surface area contributed by atoms with Crippen LogP contribution in [0.25, 0.3) is 0 Å². The molecule has 0 radical (unpaired) electrons. The van der Waals surface area contributed by atoms with Gasteiger partial charge in [-0.25, -0.2) is 17.2 Å². The van der Waals surface area contributed by atoms with Crippen molar-refractivity contribution in [1.82, 2.24) is 10.2 Å². The van der Waals surface area contributed by atoms with Gasteiger partial charge < -0.3 is 10.2 Å². The summed E-state index contributed by atoms with van der Waals surface area (Å²) in [6, 6.07) is 16.4. The Labute approximate surface area is 267 Å². The van der Waals surface area contributed by atoms with Crippen molar-refractivity contribution in [2.24, 2.45) is 0 Å². The summed E-state index contributed by atoms with van der Waals surface area (Å²) in [6.07, 6.45) is 4.95. The number of rotatable bonds is 13. The molecule has 0 aliphatic heterocycles. The van der Waals surface area contributed by atoms with Gasteiger partial charge in [-0.3, -0.25) is 13.9 Å². The van der Waals surface area contributed by atoms with Crippen molar-refractivity contribution in [3.05, 3.63) is 99.5 Å². The molecular weight excluding hydrogens is 631 g/mol. The first-order valence-electron chi connectivity index (χ1n) is 14.4. The van der Waals surface area contributed by atoms with Crippen LogP contribution in [0.15, 0.2) is 66.7 Å². The summed E-state index contributed by atoms with van der Waals surface area (Å²) < 4.78 is 53.5. The third-order valence-electron chi connectivity index (χ3n) is 7.65. The molecule has 3 aromatic rings. The van der Waals surface area contributed by atoms with E-state index in [1.54, 1.807) is 18.2 Å². The molecule has 1 atom stereocenters. The van der Waals surface area contributed by atoms with Crippen molar-refractivity contribution in [1.29, 1.82) is 0 Å². The second-order valence-corrected chi connectivity index (χ2v) is 13.7. The minimum Gasteiger partial charge on any atom is -0.352 e. The number of anilines is 1. The Hall–Kier alpha value is -3.21. The number of sulfonamides is 1. The van der Waals surface area contributed by atoms with Crippen LogP contribution in [-0.2, 0) is 32.6 Å². The molecule has 0 spiro atoms. The van der Waals surface area contributed by atoms with Gasteiger partial charge in [-0.05, 0) is 54.7 Å². The Morgan fingerprint density at radius 1 is 0.932 bits per heavy atom. The minimum absolute atomic E-state index is 0.0297. The Balaban J connectivity index is 1.61. The van der Waals surface area contributed by atoms with Crippen LogP contribution in [0.2, 0.25) is 10.0 Å². The SMILES string of the molecule is CS(=O)(=O)N(CCCC(=O)N(Cc1ccc(Cl)c(Cl)c1)C(Cc1ccccc1)C(=O)NC1CCCC1)c1ccc(F)c(F)c1. The van der Waals surface area contributed by atoms with Gasteiger partial charge in [0.05, 0.1) is 22.0 Å². The number of halogens is 4. The van der Waals surface area contributed by atoms with E-state index < -0.39 is 27.7 Å². The van der Waals surface area contributed by atoms with Crippen molar-refractivity contribution in [3.63, 3.8) is 0 Å². The molecular formula is C32H35Cl2F2N3O4S. The van der Waals surface area contributed by atoms with Crippen LogP contribution in [-0.4, -0.2) is 50.0 Å². The zero-order valence-electron chi connectivity index (χ0n) is 24.3. The van der Waals surface area contributed by atoms with Gasteiger partial charge in [-0.15, -0.1) is 0 Å². The van der Waals surface area contributed by atoms with Gasteiger partial charge >= 0.3 is 0 Å². The largest absolute Gasteiger partial charge is 0.352 e. The van der Waals surface area contributed by atoms with Crippen LogP contribution < -0.4 is 9.62 Å². The molecule has 0 heterocycles. The molecule has 0 bridgehead atoms. The molecule has 44 heavy (non-hydrogen) atoms. The van der Waals surface area contributed by atoms with E-state index in [2.05, 4.69) is 5.32 Å². The molecule has 1 aliphatic carbocycles. The van der Waals surface area contributed by atoms with Gasteiger partial charge in [-0.1, -0.05) is 72.4 Å². The lowest BCUT2D eigenvalue weighted by atomic mass is 10.0. The number of hydrogen-bond donors (Lipinski definition) is 1. The van der Waals surface area contributed by atoms with E-state index >= 15 is 0 Å². The van der Waals surface area contributed by atoms with E-state index in [-0.39, 0.29) is 55.9 Å². The van der Waals surface area contributed by atoms with Crippen molar-refractivity contribution in [3.8, 4) is 0 Å². The smallest absolute Gasteiger partial charge is 0.243 e. The molecule has 1 fully saturated rings. The minimum atomic E-state index is -3.88. The highest BCUT2D eigenvalue weighted by Crippen LogP contribution is 2.26. The van der Waals surface area contributed by atoms with Crippen LogP contribution in [0.4, 0.5) is 14.5 Å². The maximum atomic E-state index is 13.9. The van der Waals surface area contributed by atoms with Crippen molar-refractivity contribution in [2.75, 3.05) is 17.1 Å². The van der Waals surface area contributed by atoms with Crippen LogP contribution in [0.5, 0.6) is 0 Å². The van der Waals surface area contributed by atoms with Gasteiger partial charge in [0, 0.05) is 38.0 Å². The predicted octanol–water partition coefficient (Wildman–Crippen LogP) is 6.52. The van der Waals surface area contributed by atoms with E-state index in [1.165, 1.54) is 11.0 Å². The average molecular weight is 667 g/mol. The highest BCUT2D eigenvalue weighted by atomic mass is 35.5. The number of nitrogens with zero attached hydrogens (tertiary/aromatic N) is 2. The molecule has 1 saturated carbocycles. The molecule has 2 amide bonds. The lowest BCUT2D eigenvalue weighted by Gasteiger charge is -2.33. The number of nitrogens with one attached hydrogen (secondary N) is 1. The Morgan fingerprint density at radius 2 is 1.64 bits per heavy atom. The van der Waals surface area contributed by atoms with E-state index in [9.17, 15) is 26.8 Å². The van der Waals surface area contributed by atoms with E-state index in [1.807, 2.05) is 30.3 Å². The molecule has 1 aliphatic rings. The van der Waals surface area contributed by atoms with Crippen LogP contribution in [0.1, 0.15) is 49.7 Å². The lowest BCUT2D eigenvalue weighted by Crippen LogP contribution is -2.52. The normalized spacial score (nSPS) is 14.3. The molecule has 4 rings (SSSR count). The van der Waals surface area contributed by atoms with Crippen molar-refractivity contribution < 1.29 is 26.8 Å². The average Bonchev–Trinajstić information content (AvgIpc) is 3.49. The van der Waals surface area contributed by atoms with E-state index in [0.717, 1.165) is 53.9 Å². The Morgan fingerprint density at radius 3 is 2.27 bits per heavy atom. The summed E-state index contributed by atoms with van der Waals surface area (Å²) in [5, 5.41) is 3.79. The topological polar surface area (TPSA) is 86.8 Å². The number of carbonyl (C=O) groups is 2. The summed E-state index contributed by atoms with van der Waals surface area (Å²) >= 11 is 12.4. The van der Waals surface area contributed by atoms with Gasteiger partial charge in [0.1, 0.15) is 6.04 Å². The summed E-state index contributed by atoms with van der Waals surface area (Å²) in [5.74, 6) is -2.93. The fourth-order valence-corrected chi connectivity index (χ4v) is 6.68. The number of carbonyl (C=O) groups excluding carboxylic acids is 2. The highest BCUT2D eigenvalue weighted by Gasteiger charge is 2.32. The highest BCUT2D eigenvalue weighted by molar-refractivity contribution is 7.92. The maximum Gasteiger partial charge on any atom is 0.243 e. The summed E-state index contributed by atoms with van der Waals surface area (Å²) in [6.45, 7) is -0.0991. The van der Waals surface area contributed by atoms with Crippen molar-refractivity contribution in [2.45, 2.75) is 63.6 Å². The number of benzene rings is 3. The van der Waals surface area contributed by atoms with Gasteiger partial charge in [0.2, 0.25) is 21.8 Å². The van der Waals surface area contributed by atoms with Crippen LogP contribution >= 0.6 is 23.2 Å². The molecule has 12 heteroatoms. The standard InChI is InChI=1S/C32H35Cl2F2N3O4S/c1-44(42,43)39(25-14-16-28(35)29(36)20-25)17-7-12-31(40)38(21-23-13-15-26(33)27(34)18-23)30(19-22-8-3-2-4-9-22)32(41)37-24-10-5-6-11-24/h2-4,8-9,13-16,18,20,24,30H,5-7,10-12,17,19,21H2,1H3,(H,37,41). The number of amides is 2. The fourth-order valence-electron chi connectivity index (χ4n) is 5.40. The zero-order valence-corrected chi connectivity index (χ0v) is 26.6. The first-order chi connectivity index (χ1) is 20.9. The predicted molar refractivity (Wildman–Crippen MR) is 169 cm³/mol. The second kappa shape index (κ2) is 15.2. The summed E-state index contributed by atoms with van der Waals surface area (Å²) in [4.78, 5) is 29.3. The van der Waals surface area contributed by atoms with E-state index in [4.69, 9.17) is 23.2 Å². The molecule has 3 aromatic carbocycles.